The molecule has 1 N–H and O–H groups in total. The predicted molar refractivity (Wildman–Crippen MR) is 109 cm³/mol. The van der Waals surface area contributed by atoms with Crippen molar-refractivity contribution in [2.75, 3.05) is 5.32 Å². The number of rotatable bonds is 3. The van der Waals surface area contributed by atoms with Gasteiger partial charge in [-0.1, -0.05) is 12.1 Å². The molecule has 1 fully saturated rings. The highest BCUT2D eigenvalue weighted by molar-refractivity contribution is 6.62. The first-order valence-corrected chi connectivity index (χ1v) is 9.87. The number of anilines is 2. The van der Waals surface area contributed by atoms with Crippen molar-refractivity contribution in [2.24, 2.45) is 0 Å². The van der Waals surface area contributed by atoms with E-state index in [9.17, 15) is 4.79 Å². The number of fused-ring (bicyclic) bond motifs is 1. The van der Waals surface area contributed by atoms with Crippen molar-refractivity contribution in [3.05, 3.63) is 41.7 Å². The summed E-state index contributed by atoms with van der Waals surface area (Å²) in [5, 5.41) is 3.25. The molecule has 2 aliphatic rings. The molecule has 1 saturated heterocycles. The van der Waals surface area contributed by atoms with Gasteiger partial charge in [0.25, 0.3) is 0 Å². The highest BCUT2D eigenvalue weighted by Gasteiger charge is 2.51. The van der Waals surface area contributed by atoms with Crippen LogP contribution in [-0.2, 0) is 15.7 Å². The summed E-state index contributed by atoms with van der Waals surface area (Å²) in [6, 6.07) is 7.89. The molecule has 0 saturated carbocycles. The molecular weight excluding hydrogens is 353 g/mol. The summed E-state index contributed by atoms with van der Waals surface area (Å²) in [5.74, 6) is 0.640. The molecule has 7 heteroatoms. The van der Waals surface area contributed by atoms with Gasteiger partial charge >= 0.3 is 7.12 Å². The Bertz CT molecular complexity index is 898. The zero-order chi connectivity index (χ0) is 19.9. The summed E-state index contributed by atoms with van der Waals surface area (Å²) in [7, 11) is -0.419. The molecule has 2 heterocycles. The van der Waals surface area contributed by atoms with Crippen molar-refractivity contribution in [1.29, 1.82) is 0 Å². The summed E-state index contributed by atoms with van der Waals surface area (Å²) < 4.78 is 12.3. The first-order valence-electron chi connectivity index (χ1n) is 9.87. The molecule has 2 aromatic rings. The van der Waals surface area contributed by atoms with Crippen molar-refractivity contribution >= 4 is 30.0 Å². The molecular formula is C21H26BN3O3. The number of nitrogens with one attached hydrogen (secondary N) is 1. The predicted octanol–water partition coefficient (Wildman–Crippen LogP) is 3.43. The SMILES string of the molecule is CC1(C)OB(c2cccc(Nc3ncc4c(n3)CCCCC4=O)c2)OC1(C)C. The molecule has 1 aliphatic carbocycles. The summed E-state index contributed by atoms with van der Waals surface area (Å²) in [4.78, 5) is 21.1. The van der Waals surface area contributed by atoms with Crippen molar-refractivity contribution in [3.63, 3.8) is 0 Å². The number of aromatic nitrogens is 2. The Morgan fingerprint density at radius 2 is 1.79 bits per heavy atom. The maximum Gasteiger partial charge on any atom is 0.494 e. The van der Waals surface area contributed by atoms with Gasteiger partial charge in [0.15, 0.2) is 5.78 Å². The van der Waals surface area contributed by atoms with Crippen LogP contribution < -0.4 is 10.8 Å². The molecule has 4 rings (SSSR count). The number of hydrogen-bond acceptors (Lipinski definition) is 6. The number of benzene rings is 1. The monoisotopic (exact) mass is 379 g/mol. The zero-order valence-corrected chi connectivity index (χ0v) is 16.9. The molecule has 0 radical (unpaired) electrons. The third kappa shape index (κ3) is 3.56. The first-order chi connectivity index (χ1) is 13.2. The molecule has 0 bridgehead atoms. The lowest BCUT2D eigenvalue weighted by molar-refractivity contribution is 0.00578. The van der Waals surface area contributed by atoms with Gasteiger partial charge in [0.05, 0.1) is 22.5 Å². The minimum absolute atomic E-state index is 0.141. The van der Waals surface area contributed by atoms with Crippen molar-refractivity contribution < 1.29 is 14.1 Å². The van der Waals surface area contributed by atoms with E-state index in [4.69, 9.17) is 9.31 Å². The zero-order valence-electron chi connectivity index (χ0n) is 16.9. The molecule has 1 aromatic heterocycles. The van der Waals surface area contributed by atoms with Crippen molar-refractivity contribution in [1.82, 2.24) is 9.97 Å². The number of hydrogen-bond donors (Lipinski definition) is 1. The Morgan fingerprint density at radius 3 is 2.54 bits per heavy atom. The second-order valence-corrected chi connectivity index (χ2v) is 8.52. The van der Waals surface area contributed by atoms with E-state index >= 15 is 0 Å². The fraction of sp³-hybridized carbons (Fsp3) is 0.476. The maximum absolute atomic E-state index is 12.1. The Kier molecular flexibility index (Phi) is 4.75. The molecule has 146 valence electrons. The van der Waals surface area contributed by atoms with Crippen molar-refractivity contribution in [2.45, 2.75) is 64.6 Å². The van der Waals surface area contributed by atoms with E-state index in [2.05, 4.69) is 15.3 Å². The minimum Gasteiger partial charge on any atom is -0.399 e. The fourth-order valence-corrected chi connectivity index (χ4v) is 3.48. The fourth-order valence-electron chi connectivity index (χ4n) is 3.48. The van der Waals surface area contributed by atoms with Gasteiger partial charge in [-0.15, -0.1) is 0 Å². The van der Waals surface area contributed by atoms with Crippen LogP contribution in [0, 0.1) is 0 Å². The van der Waals surface area contributed by atoms with Gasteiger partial charge in [-0.05, 0) is 64.6 Å². The van der Waals surface area contributed by atoms with Crippen LogP contribution in [0.2, 0.25) is 0 Å². The molecule has 1 aliphatic heterocycles. The highest BCUT2D eigenvalue weighted by atomic mass is 16.7. The normalized spacial score (nSPS) is 20.6. The van der Waals surface area contributed by atoms with Crippen LogP contribution in [0.4, 0.5) is 11.6 Å². The van der Waals surface area contributed by atoms with E-state index in [1.807, 2.05) is 52.0 Å². The summed E-state index contributed by atoms with van der Waals surface area (Å²) in [6.45, 7) is 8.17. The Hall–Kier alpha value is -2.25. The van der Waals surface area contributed by atoms with Crippen LogP contribution in [0.15, 0.2) is 30.5 Å². The molecule has 0 atom stereocenters. The quantitative estimate of drug-likeness (QED) is 0.651. The van der Waals surface area contributed by atoms with E-state index in [1.54, 1.807) is 6.20 Å². The van der Waals surface area contributed by atoms with Crippen LogP contribution in [0.3, 0.4) is 0 Å². The van der Waals surface area contributed by atoms with Gasteiger partial charge in [-0.3, -0.25) is 4.79 Å². The van der Waals surface area contributed by atoms with E-state index < -0.39 is 7.12 Å². The Labute approximate surface area is 166 Å². The molecule has 0 amide bonds. The van der Waals surface area contributed by atoms with Gasteiger partial charge in [0.2, 0.25) is 5.95 Å². The van der Waals surface area contributed by atoms with Gasteiger partial charge in [0.1, 0.15) is 0 Å². The average molecular weight is 379 g/mol. The van der Waals surface area contributed by atoms with Crippen LogP contribution in [0.1, 0.15) is 63.0 Å². The number of ketones is 1. The minimum atomic E-state index is -0.419. The lowest BCUT2D eigenvalue weighted by atomic mass is 9.79. The second kappa shape index (κ2) is 6.97. The number of carbonyl (C=O) groups excluding carboxylic acids is 1. The van der Waals surface area contributed by atoms with Gasteiger partial charge in [-0.25, -0.2) is 9.97 Å². The van der Waals surface area contributed by atoms with E-state index in [0.29, 0.717) is 17.9 Å². The second-order valence-electron chi connectivity index (χ2n) is 8.52. The summed E-state index contributed by atoms with van der Waals surface area (Å²) in [5.41, 5.74) is 2.53. The summed E-state index contributed by atoms with van der Waals surface area (Å²) in [6.07, 6.45) is 4.93. The molecule has 6 nitrogen and oxygen atoms in total. The molecule has 0 spiro atoms. The van der Waals surface area contributed by atoms with E-state index in [1.165, 1.54) is 0 Å². The van der Waals surface area contributed by atoms with E-state index in [-0.39, 0.29) is 17.0 Å². The molecule has 1 aromatic carbocycles. The lowest BCUT2D eigenvalue weighted by Crippen LogP contribution is -2.41. The molecule has 0 unspecified atom stereocenters. The third-order valence-corrected chi connectivity index (χ3v) is 5.90. The van der Waals surface area contributed by atoms with Gasteiger partial charge in [0, 0.05) is 18.3 Å². The van der Waals surface area contributed by atoms with Gasteiger partial charge in [-0.2, -0.15) is 0 Å². The van der Waals surface area contributed by atoms with E-state index in [0.717, 1.165) is 36.1 Å². The maximum atomic E-state index is 12.1. The third-order valence-electron chi connectivity index (χ3n) is 5.90. The Balaban J connectivity index is 1.55. The van der Waals surface area contributed by atoms with Gasteiger partial charge < -0.3 is 14.6 Å². The molecule has 28 heavy (non-hydrogen) atoms. The van der Waals surface area contributed by atoms with Crippen LogP contribution >= 0.6 is 0 Å². The lowest BCUT2D eigenvalue weighted by Gasteiger charge is -2.32. The smallest absolute Gasteiger partial charge is 0.399 e. The summed E-state index contributed by atoms with van der Waals surface area (Å²) >= 11 is 0. The first kappa shape index (κ1) is 19.1. The number of nitrogens with zero attached hydrogens (tertiary/aromatic N) is 2. The number of carbonyl (C=O) groups is 1. The van der Waals surface area contributed by atoms with Crippen LogP contribution in [0.25, 0.3) is 0 Å². The number of Topliss-reactive ketones (excluding diaryl/α,β-unsaturated/α-hetero) is 1. The highest BCUT2D eigenvalue weighted by Crippen LogP contribution is 2.36. The van der Waals surface area contributed by atoms with Crippen LogP contribution in [-0.4, -0.2) is 34.1 Å². The van der Waals surface area contributed by atoms with Crippen LogP contribution in [0.5, 0.6) is 0 Å². The Morgan fingerprint density at radius 1 is 1.07 bits per heavy atom. The standard InChI is InChI=1S/C21H26BN3O3/c1-20(2)21(3,4)28-22(27-20)14-8-7-9-15(12-14)24-19-23-13-16-17(25-19)10-5-6-11-18(16)26/h7-9,12-13H,5-6,10-11H2,1-4H3,(H,23,24,25). The topological polar surface area (TPSA) is 73.3 Å². The largest absolute Gasteiger partial charge is 0.494 e. The average Bonchev–Trinajstić information content (AvgIpc) is 2.76. The van der Waals surface area contributed by atoms with Crippen molar-refractivity contribution in [3.8, 4) is 0 Å². The number of aryl methyl sites for hydroxylation is 1.